The van der Waals surface area contributed by atoms with Crippen LogP contribution in [-0.4, -0.2) is 23.2 Å². The highest BCUT2D eigenvalue weighted by atomic mass is 16.1. The number of nitrogens with one attached hydrogen (secondary N) is 2. The SMILES string of the molecule is Cn1ccc(NC2(C)CNC2)cc1=O. The van der Waals surface area contributed by atoms with Crippen LogP contribution in [0.25, 0.3) is 0 Å². The fraction of sp³-hybridized carbons (Fsp3) is 0.500. The lowest BCUT2D eigenvalue weighted by Gasteiger charge is -2.40. The lowest BCUT2D eigenvalue weighted by atomic mass is 9.95. The average Bonchev–Trinajstić information content (AvgIpc) is 2.09. The molecule has 1 aromatic heterocycles. The van der Waals surface area contributed by atoms with E-state index in [1.807, 2.05) is 6.07 Å². The Hall–Kier alpha value is -1.29. The number of anilines is 1. The second-order valence-corrected chi connectivity index (χ2v) is 4.15. The molecule has 4 heteroatoms. The molecule has 0 saturated carbocycles. The van der Waals surface area contributed by atoms with Gasteiger partial charge in [0.2, 0.25) is 0 Å². The van der Waals surface area contributed by atoms with Gasteiger partial charge in [0.15, 0.2) is 0 Å². The third-order valence-electron chi connectivity index (χ3n) is 2.58. The number of pyridine rings is 1. The zero-order valence-electron chi connectivity index (χ0n) is 8.50. The van der Waals surface area contributed by atoms with Gasteiger partial charge in [-0.3, -0.25) is 4.79 Å². The van der Waals surface area contributed by atoms with Gasteiger partial charge >= 0.3 is 0 Å². The molecule has 0 radical (unpaired) electrons. The van der Waals surface area contributed by atoms with Gasteiger partial charge in [-0.05, 0) is 13.0 Å². The molecule has 1 aliphatic heterocycles. The molecular weight excluding hydrogens is 178 g/mol. The van der Waals surface area contributed by atoms with Crippen LogP contribution in [0.5, 0.6) is 0 Å². The van der Waals surface area contributed by atoms with E-state index in [2.05, 4.69) is 17.6 Å². The van der Waals surface area contributed by atoms with Crippen molar-refractivity contribution < 1.29 is 0 Å². The Kier molecular flexibility index (Phi) is 2.07. The highest BCUT2D eigenvalue weighted by molar-refractivity contribution is 5.44. The molecule has 0 spiro atoms. The topological polar surface area (TPSA) is 46.1 Å². The van der Waals surface area contributed by atoms with Crippen molar-refractivity contribution in [2.75, 3.05) is 18.4 Å². The molecule has 0 unspecified atom stereocenters. The summed E-state index contributed by atoms with van der Waals surface area (Å²) in [6, 6.07) is 3.55. The summed E-state index contributed by atoms with van der Waals surface area (Å²) in [5.74, 6) is 0. The van der Waals surface area contributed by atoms with E-state index in [1.54, 1.807) is 23.9 Å². The summed E-state index contributed by atoms with van der Waals surface area (Å²) in [6.45, 7) is 4.03. The van der Waals surface area contributed by atoms with Gasteiger partial charge in [0, 0.05) is 38.1 Å². The van der Waals surface area contributed by atoms with E-state index in [0.29, 0.717) is 0 Å². The van der Waals surface area contributed by atoms with Crippen LogP contribution in [0.15, 0.2) is 23.1 Å². The number of aromatic nitrogens is 1. The first-order valence-corrected chi connectivity index (χ1v) is 4.75. The van der Waals surface area contributed by atoms with Gasteiger partial charge in [0.05, 0.1) is 5.54 Å². The van der Waals surface area contributed by atoms with Crippen LogP contribution in [0, 0.1) is 0 Å². The Labute approximate surface area is 82.9 Å². The third-order valence-corrected chi connectivity index (χ3v) is 2.58. The summed E-state index contributed by atoms with van der Waals surface area (Å²) in [6.07, 6.45) is 1.78. The largest absolute Gasteiger partial charge is 0.377 e. The maximum Gasteiger partial charge on any atom is 0.252 e. The number of hydrogen-bond acceptors (Lipinski definition) is 3. The number of aryl methyl sites for hydroxylation is 1. The van der Waals surface area contributed by atoms with Crippen molar-refractivity contribution in [2.24, 2.45) is 7.05 Å². The van der Waals surface area contributed by atoms with E-state index in [9.17, 15) is 4.79 Å². The van der Waals surface area contributed by atoms with Crippen molar-refractivity contribution in [3.8, 4) is 0 Å². The van der Waals surface area contributed by atoms with E-state index in [-0.39, 0.29) is 11.1 Å². The number of nitrogens with zero attached hydrogens (tertiary/aromatic N) is 1. The van der Waals surface area contributed by atoms with Crippen LogP contribution in [0.2, 0.25) is 0 Å². The van der Waals surface area contributed by atoms with Gasteiger partial charge in [0.1, 0.15) is 0 Å². The summed E-state index contributed by atoms with van der Waals surface area (Å²) >= 11 is 0. The highest BCUT2D eigenvalue weighted by Crippen LogP contribution is 2.16. The molecule has 1 aromatic rings. The zero-order chi connectivity index (χ0) is 10.2. The summed E-state index contributed by atoms with van der Waals surface area (Å²) in [4.78, 5) is 11.3. The highest BCUT2D eigenvalue weighted by Gasteiger charge is 2.31. The van der Waals surface area contributed by atoms with Crippen LogP contribution >= 0.6 is 0 Å². The second-order valence-electron chi connectivity index (χ2n) is 4.15. The predicted molar refractivity (Wildman–Crippen MR) is 56.6 cm³/mol. The molecule has 76 valence electrons. The minimum atomic E-state index is 0.0193. The van der Waals surface area contributed by atoms with E-state index < -0.39 is 0 Å². The van der Waals surface area contributed by atoms with Crippen molar-refractivity contribution in [3.63, 3.8) is 0 Å². The third kappa shape index (κ3) is 1.65. The molecule has 2 heterocycles. The summed E-state index contributed by atoms with van der Waals surface area (Å²) < 4.78 is 1.56. The van der Waals surface area contributed by atoms with Crippen LogP contribution in [0.1, 0.15) is 6.92 Å². The molecule has 14 heavy (non-hydrogen) atoms. The molecule has 1 aliphatic rings. The van der Waals surface area contributed by atoms with Gasteiger partial charge < -0.3 is 15.2 Å². The summed E-state index contributed by atoms with van der Waals surface area (Å²) in [7, 11) is 1.75. The number of hydrogen-bond donors (Lipinski definition) is 2. The molecule has 0 aromatic carbocycles. The predicted octanol–water partition coefficient (Wildman–Crippen LogP) is 0.159. The number of rotatable bonds is 2. The maximum absolute atomic E-state index is 11.3. The first-order valence-electron chi connectivity index (χ1n) is 4.75. The monoisotopic (exact) mass is 193 g/mol. The smallest absolute Gasteiger partial charge is 0.252 e. The van der Waals surface area contributed by atoms with Crippen molar-refractivity contribution in [1.82, 2.24) is 9.88 Å². The molecule has 1 fully saturated rings. The van der Waals surface area contributed by atoms with Gasteiger partial charge in [-0.1, -0.05) is 0 Å². The van der Waals surface area contributed by atoms with Gasteiger partial charge in [0.25, 0.3) is 5.56 Å². The quantitative estimate of drug-likeness (QED) is 0.703. The van der Waals surface area contributed by atoms with Crippen LogP contribution in [0.4, 0.5) is 5.69 Å². The Morgan fingerprint density at radius 2 is 2.29 bits per heavy atom. The average molecular weight is 193 g/mol. The zero-order valence-corrected chi connectivity index (χ0v) is 8.50. The molecule has 4 nitrogen and oxygen atoms in total. The maximum atomic E-state index is 11.3. The molecule has 0 amide bonds. The van der Waals surface area contributed by atoms with Crippen LogP contribution < -0.4 is 16.2 Å². The van der Waals surface area contributed by atoms with E-state index in [0.717, 1.165) is 18.8 Å². The van der Waals surface area contributed by atoms with Gasteiger partial charge in [-0.25, -0.2) is 0 Å². The minimum Gasteiger partial charge on any atom is -0.377 e. The van der Waals surface area contributed by atoms with Gasteiger partial charge in [-0.2, -0.15) is 0 Å². The first-order chi connectivity index (χ1) is 6.59. The molecule has 2 rings (SSSR count). The van der Waals surface area contributed by atoms with E-state index >= 15 is 0 Å². The van der Waals surface area contributed by atoms with Crippen molar-refractivity contribution >= 4 is 5.69 Å². The Morgan fingerprint density at radius 3 is 2.79 bits per heavy atom. The molecular formula is C10H15N3O. The Bertz CT molecular complexity index is 393. The summed E-state index contributed by atoms with van der Waals surface area (Å²) in [5.41, 5.74) is 1.02. The normalized spacial score (nSPS) is 18.7. The minimum absolute atomic E-state index is 0.0193. The van der Waals surface area contributed by atoms with Crippen LogP contribution in [0.3, 0.4) is 0 Å². The van der Waals surface area contributed by atoms with Crippen molar-refractivity contribution in [2.45, 2.75) is 12.5 Å². The van der Waals surface area contributed by atoms with E-state index in [4.69, 9.17) is 0 Å². The molecule has 0 aliphatic carbocycles. The molecule has 2 N–H and O–H groups in total. The Balaban J connectivity index is 2.17. The fourth-order valence-electron chi connectivity index (χ4n) is 1.56. The van der Waals surface area contributed by atoms with Crippen molar-refractivity contribution in [3.05, 3.63) is 28.7 Å². The molecule has 1 saturated heterocycles. The standard InChI is InChI=1S/C10H15N3O/c1-10(6-11-7-10)12-8-3-4-13(2)9(14)5-8/h3-5,11-12H,6-7H2,1-2H3. The Morgan fingerprint density at radius 1 is 1.57 bits per heavy atom. The summed E-state index contributed by atoms with van der Waals surface area (Å²) in [5, 5.41) is 6.55. The second kappa shape index (κ2) is 3.13. The van der Waals surface area contributed by atoms with Crippen LogP contribution in [-0.2, 0) is 7.05 Å². The lowest BCUT2D eigenvalue weighted by Crippen LogP contribution is -2.62. The first kappa shape index (κ1) is 9.27. The van der Waals surface area contributed by atoms with Crippen molar-refractivity contribution in [1.29, 1.82) is 0 Å². The van der Waals surface area contributed by atoms with Gasteiger partial charge in [-0.15, -0.1) is 0 Å². The van der Waals surface area contributed by atoms with E-state index in [1.165, 1.54) is 0 Å². The molecule has 0 atom stereocenters. The lowest BCUT2D eigenvalue weighted by molar-refractivity contribution is 0.338. The molecule has 0 bridgehead atoms. The fourth-order valence-corrected chi connectivity index (χ4v) is 1.56.